The highest BCUT2D eigenvalue weighted by Gasteiger charge is 2.21. The zero-order valence-corrected chi connectivity index (χ0v) is 11.9. The molecule has 18 heavy (non-hydrogen) atoms. The Kier molecular flexibility index (Phi) is 6.25. The van der Waals surface area contributed by atoms with Crippen molar-refractivity contribution in [3.63, 3.8) is 0 Å². The fourth-order valence-corrected chi connectivity index (χ4v) is 2.37. The van der Waals surface area contributed by atoms with Crippen LogP contribution in [0.1, 0.15) is 31.0 Å². The van der Waals surface area contributed by atoms with Gasteiger partial charge in [0.15, 0.2) is 0 Å². The van der Waals surface area contributed by atoms with E-state index in [1.807, 2.05) is 6.92 Å². The number of aryl methyl sites for hydroxylation is 1. The second-order valence-corrected chi connectivity index (χ2v) is 4.72. The second kappa shape index (κ2) is 7.46. The number of rotatable bonds is 7. The average molecular weight is 266 g/mol. The Hall–Kier alpha value is -0.970. The van der Waals surface area contributed by atoms with Crippen molar-refractivity contribution in [2.24, 2.45) is 5.73 Å². The van der Waals surface area contributed by atoms with Gasteiger partial charge in [-0.2, -0.15) is 0 Å². The highest BCUT2D eigenvalue weighted by molar-refractivity contribution is 7.80. The van der Waals surface area contributed by atoms with E-state index in [0.29, 0.717) is 11.5 Å². The molecule has 0 radical (unpaired) electrons. The standard InChI is InChI=1S/C14H22N2OS/c1-3-11-5-7-12(8-6-11)13(14(15)18)16(4-2)9-10-17/h5-8,13,17H,3-4,9-10H2,1-2H3,(H2,15,18). The molecule has 3 nitrogen and oxygen atoms in total. The first-order valence-electron chi connectivity index (χ1n) is 6.37. The van der Waals surface area contributed by atoms with E-state index in [1.165, 1.54) is 5.56 Å². The number of benzene rings is 1. The molecule has 0 amide bonds. The van der Waals surface area contributed by atoms with Crippen molar-refractivity contribution in [1.82, 2.24) is 4.90 Å². The minimum atomic E-state index is -0.0944. The Bertz CT molecular complexity index is 378. The van der Waals surface area contributed by atoms with Crippen molar-refractivity contribution in [3.8, 4) is 0 Å². The molecule has 1 unspecified atom stereocenters. The summed E-state index contributed by atoms with van der Waals surface area (Å²) in [6, 6.07) is 8.26. The van der Waals surface area contributed by atoms with Crippen LogP contribution in [-0.4, -0.2) is 34.7 Å². The highest BCUT2D eigenvalue weighted by atomic mass is 32.1. The molecule has 1 atom stereocenters. The number of aliphatic hydroxyl groups is 1. The van der Waals surface area contributed by atoms with Gasteiger partial charge < -0.3 is 10.8 Å². The monoisotopic (exact) mass is 266 g/mol. The van der Waals surface area contributed by atoms with Crippen LogP contribution < -0.4 is 5.73 Å². The van der Waals surface area contributed by atoms with Crippen LogP contribution in [0.3, 0.4) is 0 Å². The molecule has 0 fully saturated rings. The van der Waals surface area contributed by atoms with Crippen molar-refractivity contribution in [1.29, 1.82) is 0 Å². The third kappa shape index (κ3) is 3.77. The molecule has 0 aliphatic rings. The van der Waals surface area contributed by atoms with Crippen LogP contribution in [0.5, 0.6) is 0 Å². The van der Waals surface area contributed by atoms with E-state index in [9.17, 15) is 0 Å². The molecule has 1 rings (SSSR count). The summed E-state index contributed by atoms with van der Waals surface area (Å²) in [7, 11) is 0. The van der Waals surface area contributed by atoms with Crippen LogP contribution in [-0.2, 0) is 6.42 Å². The summed E-state index contributed by atoms with van der Waals surface area (Å²) < 4.78 is 0. The number of aliphatic hydroxyl groups excluding tert-OH is 1. The first-order valence-corrected chi connectivity index (χ1v) is 6.77. The fraction of sp³-hybridized carbons (Fsp3) is 0.500. The maximum absolute atomic E-state index is 9.10. The number of likely N-dealkylation sites (N-methyl/N-ethyl adjacent to an activating group) is 1. The molecule has 0 bridgehead atoms. The van der Waals surface area contributed by atoms with E-state index in [-0.39, 0.29) is 12.6 Å². The van der Waals surface area contributed by atoms with Crippen LogP contribution in [0.15, 0.2) is 24.3 Å². The van der Waals surface area contributed by atoms with Gasteiger partial charge in [-0.3, -0.25) is 4.90 Å². The van der Waals surface area contributed by atoms with Gasteiger partial charge in [0.05, 0.1) is 17.6 Å². The molecule has 0 saturated heterocycles. The van der Waals surface area contributed by atoms with Gasteiger partial charge in [0.2, 0.25) is 0 Å². The van der Waals surface area contributed by atoms with E-state index in [2.05, 4.69) is 36.1 Å². The summed E-state index contributed by atoms with van der Waals surface area (Å²) in [5, 5.41) is 9.10. The zero-order chi connectivity index (χ0) is 13.5. The lowest BCUT2D eigenvalue weighted by atomic mass is 10.0. The lowest BCUT2D eigenvalue weighted by Crippen LogP contribution is -2.38. The van der Waals surface area contributed by atoms with Gasteiger partial charge >= 0.3 is 0 Å². The minimum Gasteiger partial charge on any atom is -0.395 e. The molecular formula is C14H22N2OS. The Morgan fingerprint density at radius 1 is 1.33 bits per heavy atom. The topological polar surface area (TPSA) is 49.5 Å². The lowest BCUT2D eigenvalue weighted by molar-refractivity contribution is 0.185. The summed E-state index contributed by atoms with van der Waals surface area (Å²) in [4.78, 5) is 2.54. The van der Waals surface area contributed by atoms with Crippen LogP contribution >= 0.6 is 12.2 Å². The molecule has 0 aromatic heterocycles. The maximum atomic E-state index is 9.10. The van der Waals surface area contributed by atoms with Crippen LogP contribution in [0.4, 0.5) is 0 Å². The molecule has 0 aliphatic heterocycles. The molecule has 3 N–H and O–H groups in total. The van der Waals surface area contributed by atoms with Gasteiger partial charge in [0, 0.05) is 6.54 Å². The van der Waals surface area contributed by atoms with E-state index in [1.54, 1.807) is 0 Å². The van der Waals surface area contributed by atoms with Gasteiger partial charge in [-0.15, -0.1) is 0 Å². The summed E-state index contributed by atoms with van der Waals surface area (Å²) in [5.74, 6) is 0. The molecule has 4 heteroatoms. The van der Waals surface area contributed by atoms with Crippen molar-refractivity contribution >= 4 is 17.2 Å². The zero-order valence-electron chi connectivity index (χ0n) is 11.1. The van der Waals surface area contributed by atoms with Gasteiger partial charge in [0.25, 0.3) is 0 Å². The third-order valence-electron chi connectivity index (χ3n) is 3.13. The summed E-state index contributed by atoms with van der Waals surface area (Å²) in [6.07, 6.45) is 1.02. The average Bonchev–Trinajstić information content (AvgIpc) is 2.38. The van der Waals surface area contributed by atoms with E-state index < -0.39 is 0 Å². The maximum Gasteiger partial charge on any atom is 0.0948 e. The van der Waals surface area contributed by atoms with E-state index in [0.717, 1.165) is 18.5 Å². The van der Waals surface area contributed by atoms with Crippen molar-refractivity contribution in [2.75, 3.05) is 19.7 Å². The van der Waals surface area contributed by atoms with Crippen LogP contribution in [0.25, 0.3) is 0 Å². The highest BCUT2D eigenvalue weighted by Crippen LogP contribution is 2.21. The Labute approximate surface area is 115 Å². The van der Waals surface area contributed by atoms with Crippen LogP contribution in [0.2, 0.25) is 0 Å². The van der Waals surface area contributed by atoms with E-state index >= 15 is 0 Å². The predicted molar refractivity (Wildman–Crippen MR) is 79.7 cm³/mol. The summed E-state index contributed by atoms with van der Waals surface area (Å²) in [6.45, 7) is 5.66. The number of hydrogen-bond donors (Lipinski definition) is 2. The fourth-order valence-electron chi connectivity index (χ4n) is 2.09. The van der Waals surface area contributed by atoms with E-state index in [4.69, 9.17) is 23.1 Å². The number of nitrogens with zero attached hydrogens (tertiary/aromatic N) is 1. The van der Waals surface area contributed by atoms with Gasteiger partial charge in [-0.05, 0) is 24.1 Å². The second-order valence-electron chi connectivity index (χ2n) is 4.25. The predicted octanol–water partition coefficient (Wildman–Crippen LogP) is 1.89. The largest absolute Gasteiger partial charge is 0.395 e. The SMILES string of the molecule is CCc1ccc(C(C(N)=S)N(CC)CCO)cc1. The normalized spacial score (nSPS) is 12.7. The molecule has 100 valence electrons. The molecule has 0 aliphatic carbocycles. The molecule has 0 spiro atoms. The Morgan fingerprint density at radius 2 is 1.94 bits per heavy atom. The van der Waals surface area contributed by atoms with Crippen molar-refractivity contribution in [3.05, 3.63) is 35.4 Å². The van der Waals surface area contributed by atoms with Crippen molar-refractivity contribution in [2.45, 2.75) is 26.3 Å². The number of nitrogens with two attached hydrogens (primary N) is 1. The van der Waals surface area contributed by atoms with Gasteiger partial charge in [-0.1, -0.05) is 50.3 Å². The molecule has 0 heterocycles. The van der Waals surface area contributed by atoms with Crippen LogP contribution in [0, 0.1) is 0 Å². The smallest absolute Gasteiger partial charge is 0.0948 e. The molecule has 1 aromatic carbocycles. The van der Waals surface area contributed by atoms with Gasteiger partial charge in [0.1, 0.15) is 0 Å². The Morgan fingerprint density at radius 3 is 2.33 bits per heavy atom. The third-order valence-corrected chi connectivity index (χ3v) is 3.36. The summed E-state index contributed by atoms with van der Waals surface area (Å²) >= 11 is 5.17. The first-order chi connectivity index (χ1) is 8.63. The molecular weight excluding hydrogens is 244 g/mol. The summed E-state index contributed by atoms with van der Waals surface area (Å²) in [5.41, 5.74) is 8.24. The quantitative estimate of drug-likeness (QED) is 0.740. The molecule has 1 aromatic rings. The van der Waals surface area contributed by atoms with Crippen molar-refractivity contribution < 1.29 is 5.11 Å². The number of thiocarbonyl (C=S) groups is 1. The minimum absolute atomic E-state index is 0.0944. The molecule has 0 saturated carbocycles. The lowest BCUT2D eigenvalue weighted by Gasteiger charge is -2.29. The Balaban J connectivity index is 2.98. The number of hydrogen-bond acceptors (Lipinski definition) is 3. The first kappa shape index (κ1) is 15.1. The van der Waals surface area contributed by atoms with Gasteiger partial charge in [-0.25, -0.2) is 0 Å².